The Hall–Kier alpha value is -3.84. The summed E-state index contributed by atoms with van der Waals surface area (Å²) in [6.45, 7) is 1.43. The summed E-state index contributed by atoms with van der Waals surface area (Å²) in [5, 5.41) is 45.5. The zero-order valence-corrected chi connectivity index (χ0v) is 19.3. The Balaban J connectivity index is 1.79. The van der Waals surface area contributed by atoms with E-state index in [-0.39, 0.29) is 49.5 Å². The van der Waals surface area contributed by atoms with Gasteiger partial charge < -0.3 is 39.3 Å². The Kier molecular flexibility index (Phi) is 3.84. The number of aromatic hydroxyl groups is 1. The van der Waals surface area contributed by atoms with E-state index in [4.69, 9.17) is 4.74 Å². The lowest BCUT2D eigenvalue weighted by molar-refractivity contribution is -0.309. The van der Waals surface area contributed by atoms with Crippen molar-refractivity contribution in [2.75, 3.05) is 0 Å². The maximum atomic E-state index is 14.7. The molecule has 6 aromatic rings. The molecule has 8 nitrogen and oxygen atoms in total. The van der Waals surface area contributed by atoms with Crippen LogP contribution in [0.2, 0.25) is 0 Å². The minimum atomic E-state index is -1.84. The molecule has 3 aromatic carbocycles. The van der Waals surface area contributed by atoms with E-state index in [1.165, 1.54) is 22.3 Å². The Labute approximate surface area is 208 Å². The predicted molar refractivity (Wildman–Crippen MR) is 128 cm³/mol. The number of hydrogen-bond acceptors (Lipinski definition) is 5. The van der Waals surface area contributed by atoms with E-state index in [1.54, 1.807) is 0 Å². The average molecular weight is 527 g/mol. The van der Waals surface area contributed by atoms with Crippen LogP contribution in [0.25, 0.3) is 54.4 Å². The molecule has 0 unspecified atom stereocenters. The third kappa shape index (κ3) is 2.24. The van der Waals surface area contributed by atoms with Crippen molar-refractivity contribution in [2.24, 2.45) is 0 Å². The number of fused-ring (bicyclic) bond motifs is 13. The van der Waals surface area contributed by atoms with Crippen LogP contribution in [0.15, 0.2) is 30.5 Å². The first-order valence-corrected chi connectivity index (χ1v) is 11.7. The van der Waals surface area contributed by atoms with E-state index in [2.05, 4.69) is 4.98 Å². The zero-order valence-electron chi connectivity index (χ0n) is 19.3. The van der Waals surface area contributed by atoms with Crippen LogP contribution in [0.4, 0.5) is 17.6 Å². The van der Waals surface area contributed by atoms with Crippen LogP contribution in [-0.4, -0.2) is 52.9 Å². The van der Waals surface area contributed by atoms with Gasteiger partial charge in [-0.15, -0.1) is 0 Å². The van der Waals surface area contributed by atoms with Crippen molar-refractivity contribution in [1.82, 2.24) is 14.1 Å². The fourth-order valence-electron chi connectivity index (χ4n) is 6.60. The highest BCUT2D eigenvalue weighted by Gasteiger charge is 2.56. The van der Waals surface area contributed by atoms with E-state index in [9.17, 15) is 38.0 Å². The largest absolute Gasteiger partial charge is 0.494 e. The van der Waals surface area contributed by atoms with Crippen LogP contribution in [0, 0.1) is 23.3 Å². The van der Waals surface area contributed by atoms with Gasteiger partial charge in [-0.1, -0.05) is 0 Å². The number of nitrogens with zero attached hydrogens (tertiary/aromatic N) is 2. The molecule has 0 radical (unpaired) electrons. The number of aliphatic hydroxyl groups excluding tert-OH is 3. The summed E-state index contributed by atoms with van der Waals surface area (Å²) < 4.78 is 67.5. The lowest BCUT2D eigenvalue weighted by atomic mass is 9.93. The summed E-state index contributed by atoms with van der Waals surface area (Å²) in [5.41, 5.74) is -1.20. The van der Waals surface area contributed by atoms with E-state index in [0.29, 0.717) is 10.8 Å². The molecule has 0 saturated carbocycles. The number of aromatic nitrogens is 3. The molecule has 3 aromatic heterocycles. The molecule has 0 spiro atoms. The van der Waals surface area contributed by atoms with Gasteiger partial charge in [-0.2, -0.15) is 0 Å². The SMILES string of the molecule is C[C@]12O[C@H]([C@H](O)[C@@H](O)[C@@H]1O)n1c3cc(F)c(F)cc3c3c4c(O)[nH]cc4c4c5cc(F)c(F)cc5n2c4c31. The average Bonchev–Trinajstić information content (AvgIpc) is 3.48. The number of rotatable bonds is 0. The number of ether oxygens (including phenoxy) is 1. The summed E-state index contributed by atoms with van der Waals surface area (Å²) in [5.74, 6) is -4.98. The third-order valence-corrected chi connectivity index (χ3v) is 8.23. The van der Waals surface area contributed by atoms with Crippen LogP contribution in [0.5, 0.6) is 5.88 Å². The third-order valence-electron chi connectivity index (χ3n) is 8.23. The molecule has 1 saturated heterocycles. The van der Waals surface area contributed by atoms with Crippen LogP contribution < -0.4 is 0 Å². The molecule has 2 aliphatic rings. The van der Waals surface area contributed by atoms with Crippen molar-refractivity contribution in [1.29, 1.82) is 0 Å². The molecule has 38 heavy (non-hydrogen) atoms. The Bertz CT molecular complexity index is 2060. The van der Waals surface area contributed by atoms with Crippen LogP contribution in [-0.2, 0) is 10.5 Å². The molecule has 2 aliphatic heterocycles. The molecule has 12 heteroatoms. The van der Waals surface area contributed by atoms with Crippen molar-refractivity contribution in [2.45, 2.75) is 37.2 Å². The second kappa shape index (κ2) is 6.59. The van der Waals surface area contributed by atoms with Gasteiger partial charge in [0.1, 0.15) is 18.3 Å². The Morgan fingerprint density at radius 3 is 2.08 bits per heavy atom. The molecule has 0 amide bonds. The summed E-state index contributed by atoms with van der Waals surface area (Å²) in [6.07, 6.45) is -5.21. The van der Waals surface area contributed by atoms with Crippen LogP contribution >= 0.6 is 0 Å². The van der Waals surface area contributed by atoms with Crippen molar-refractivity contribution < 1.29 is 42.7 Å². The molecule has 1 fully saturated rings. The topological polar surface area (TPSA) is 116 Å². The molecule has 5 heterocycles. The number of halogens is 4. The number of H-pyrrole nitrogens is 1. The first kappa shape index (κ1) is 22.2. The van der Waals surface area contributed by atoms with Gasteiger partial charge in [0.25, 0.3) is 0 Å². The molecular weight excluding hydrogens is 510 g/mol. The second-order valence-corrected chi connectivity index (χ2v) is 10.1. The van der Waals surface area contributed by atoms with Gasteiger partial charge in [0, 0.05) is 45.3 Å². The van der Waals surface area contributed by atoms with Gasteiger partial charge in [-0.25, -0.2) is 17.6 Å². The summed E-state index contributed by atoms with van der Waals surface area (Å²) in [6, 6.07) is 3.78. The molecule has 8 rings (SSSR count). The quantitative estimate of drug-likeness (QED) is 0.192. The smallest absolute Gasteiger partial charge is 0.197 e. The van der Waals surface area contributed by atoms with Gasteiger partial charge in [0.15, 0.2) is 41.1 Å². The second-order valence-electron chi connectivity index (χ2n) is 10.1. The van der Waals surface area contributed by atoms with E-state index >= 15 is 0 Å². The molecular formula is C26H17F4N3O5. The predicted octanol–water partition coefficient (Wildman–Crippen LogP) is 3.94. The molecule has 5 N–H and O–H groups in total. The summed E-state index contributed by atoms with van der Waals surface area (Å²) >= 11 is 0. The van der Waals surface area contributed by atoms with Crippen LogP contribution in [0.1, 0.15) is 13.2 Å². The van der Waals surface area contributed by atoms with Crippen molar-refractivity contribution in [3.63, 3.8) is 0 Å². The van der Waals surface area contributed by atoms with Crippen molar-refractivity contribution in [3.8, 4) is 5.88 Å². The monoisotopic (exact) mass is 527 g/mol. The summed E-state index contributed by atoms with van der Waals surface area (Å²) in [4.78, 5) is 2.71. The number of benzene rings is 3. The minimum Gasteiger partial charge on any atom is -0.494 e. The normalized spacial score (nSPS) is 27.1. The Morgan fingerprint density at radius 2 is 1.39 bits per heavy atom. The summed E-state index contributed by atoms with van der Waals surface area (Å²) in [7, 11) is 0. The van der Waals surface area contributed by atoms with Crippen molar-refractivity contribution >= 4 is 54.4 Å². The molecule has 194 valence electrons. The van der Waals surface area contributed by atoms with Crippen LogP contribution in [0.3, 0.4) is 0 Å². The maximum absolute atomic E-state index is 14.7. The number of aliphatic hydroxyl groups is 3. The minimum absolute atomic E-state index is 0.0688. The van der Waals surface area contributed by atoms with Gasteiger partial charge in [0.05, 0.1) is 27.5 Å². The van der Waals surface area contributed by atoms with E-state index < -0.39 is 53.5 Å². The lowest BCUT2D eigenvalue weighted by Crippen LogP contribution is -2.61. The van der Waals surface area contributed by atoms with Gasteiger partial charge >= 0.3 is 0 Å². The standard InChI is InChI=1S/C26H17F4N3O5/c1-26-23(36)21(34)22(35)25(38-26)32-14-4-12(29)10(27)2-7(14)17-18-9(6-31-24(18)37)16-8-3-11(28)13(30)5-15(8)33(26)20(16)19(17)32/h2-6,21-23,25,31,34-37H,1H3/t21-,22-,23+,25-,26+/m1/s1. The maximum Gasteiger partial charge on any atom is 0.197 e. The first-order valence-electron chi connectivity index (χ1n) is 11.7. The first-order chi connectivity index (χ1) is 18.0. The highest BCUT2D eigenvalue weighted by molar-refractivity contribution is 6.37. The lowest BCUT2D eigenvalue weighted by Gasteiger charge is -2.47. The Morgan fingerprint density at radius 1 is 0.789 bits per heavy atom. The number of nitrogens with one attached hydrogen (secondary N) is 1. The fraction of sp³-hybridized carbons (Fsp3) is 0.231. The van der Waals surface area contributed by atoms with Gasteiger partial charge in [-0.3, -0.25) is 0 Å². The highest BCUT2D eigenvalue weighted by atomic mass is 19.2. The van der Waals surface area contributed by atoms with Gasteiger partial charge in [-0.05, 0) is 19.1 Å². The molecule has 2 bridgehead atoms. The molecule has 0 aliphatic carbocycles. The highest BCUT2D eigenvalue weighted by Crippen LogP contribution is 2.54. The zero-order chi connectivity index (χ0) is 26.6. The fourth-order valence-corrected chi connectivity index (χ4v) is 6.60. The van der Waals surface area contributed by atoms with Gasteiger partial charge in [0.2, 0.25) is 0 Å². The number of hydrogen-bond donors (Lipinski definition) is 5. The molecule has 5 atom stereocenters. The van der Waals surface area contributed by atoms with Crippen molar-refractivity contribution in [3.05, 3.63) is 53.7 Å². The van der Waals surface area contributed by atoms with E-state index in [1.807, 2.05) is 0 Å². The number of aromatic amines is 1. The van der Waals surface area contributed by atoms with E-state index in [0.717, 1.165) is 24.3 Å².